The van der Waals surface area contributed by atoms with E-state index in [9.17, 15) is 4.79 Å². The summed E-state index contributed by atoms with van der Waals surface area (Å²) in [6.45, 7) is 2.46. The molecule has 0 radical (unpaired) electrons. The van der Waals surface area contributed by atoms with E-state index in [1.807, 2.05) is 61.5 Å². The van der Waals surface area contributed by atoms with Gasteiger partial charge in [0.25, 0.3) is 0 Å². The number of rotatable bonds is 8. The highest BCUT2D eigenvalue weighted by Gasteiger charge is 2.15. The Bertz CT molecular complexity index is 619. The van der Waals surface area contributed by atoms with Gasteiger partial charge in [0.1, 0.15) is 11.5 Å². The summed E-state index contributed by atoms with van der Waals surface area (Å²) in [7, 11) is 1.59. The first-order valence-electron chi connectivity index (χ1n) is 7.44. The summed E-state index contributed by atoms with van der Waals surface area (Å²) >= 11 is 1.56. The number of methoxy groups -OCH3 is 1. The molecule has 0 aliphatic carbocycles. The number of para-hydroxylation sites is 3. The number of carbonyl (C=O) groups is 1. The number of ether oxygens (including phenoxy) is 2. The lowest BCUT2D eigenvalue weighted by Crippen LogP contribution is -2.23. The van der Waals surface area contributed by atoms with E-state index in [2.05, 4.69) is 5.32 Å². The van der Waals surface area contributed by atoms with E-state index >= 15 is 0 Å². The fourth-order valence-electron chi connectivity index (χ4n) is 1.96. The topological polar surface area (TPSA) is 47.6 Å². The summed E-state index contributed by atoms with van der Waals surface area (Å²) in [5.74, 6) is 2.21. The van der Waals surface area contributed by atoms with Crippen LogP contribution in [0.4, 0.5) is 5.69 Å². The molecule has 0 spiro atoms. The molecule has 0 aromatic heterocycles. The molecule has 0 aliphatic heterocycles. The lowest BCUT2D eigenvalue weighted by atomic mass is 10.3. The monoisotopic (exact) mass is 331 g/mol. The standard InChI is InChI=1S/C18H21NO3S/c1-14(23-13-12-22-15-8-4-3-5-9-15)18(20)19-16-10-6-7-11-17(16)21-2/h3-11,14H,12-13H2,1-2H3,(H,19,20). The number of amides is 1. The highest BCUT2D eigenvalue weighted by Crippen LogP contribution is 2.24. The highest BCUT2D eigenvalue weighted by molar-refractivity contribution is 8.00. The molecule has 1 N–H and O–H groups in total. The first-order chi connectivity index (χ1) is 11.2. The van der Waals surface area contributed by atoms with E-state index in [1.54, 1.807) is 18.9 Å². The lowest BCUT2D eigenvalue weighted by Gasteiger charge is -2.14. The molecule has 2 rings (SSSR count). The van der Waals surface area contributed by atoms with E-state index in [-0.39, 0.29) is 11.2 Å². The van der Waals surface area contributed by atoms with Crippen molar-refractivity contribution < 1.29 is 14.3 Å². The van der Waals surface area contributed by atoms with Gasteiger partial charge in [0.2, 0.25) is 5.91 Å². The molecule has 0 saturated carbocycles. The van der Waals surface area contributed by atoms with Crippen molar-refractivity contribution in [2.75, 3.05) is 24.8 Å². The Morgan fingerprint density at radius 1 is 1.13 bits per heavy atom. The molecule has 5 heteroatoms. The number of benzene rings is 2. The molecule has 1 amide bonds. The smallest absolute Gasteiger partial charge is 0.237 e. The van der Waals surface area contributed by atoms with Gasteiger partial charge in [-0.25, -0.2) is 0 Å². The molecule has 0 heterocycles. The van der Waals surface area contributed by atoms with Crippen LogP contribution in [-0.4, -0.2) is 30.6 Å². The van der Waals surface area contributed by atoms with E-state index in [1.165, 1.54) is 0 Å². The summed E-state index contributed by atoms with van der Waals surface area (Å²) in [4.78, 5) is 12.2. The van der Waals surface area contributed by atoms with Crippen LogP contribution < -0.4 is 14.8 Å². The predicted octanol–water partition coefficient (Wildman–Crippen LogP) is 3.83. The van der Waals surface area contributed by atoms with Crippen molar-refractivity contribution in [3.8, 4) is 11.5 Å². The number of nitrogens with one attached hydrogen (secondary N) is 1. The van der Waals surface area contributed by atoms with Crippen molar-refractivity contribution in [1.82, 2.24) is 0 Å². The Kier molecular flexibility index (Phi) is 6.81. The fraction of sp³-hybridized carbons (Fsp3) is 0.278. The molecule has 4 nitrogen and oxygen atoms in total. The van der Waals surface area contributed by atoms with Crippen LogP contribution >= 0.6 is 11.8 Å². The average Bonchev–Trinajstić information content (AvgIpc) is 2.60. The van der Waals surface area contributed by atoms with Gasteiger partial charge in [-0.05, 0) is 31.2 Å². The molecule has 1 atom stereocenters. The van der Waals surface area contributed by atoms with Crippen LogP contribution in [0, 0.1) is 0 Å². The van der Waals surface area contributed by atoms with Gasteiger partial charge in [-0.3, -0.25) is 4.79 Å². The average molecular weight is 331 g/mol. The van der Waals surface area contributed by atoms with Crippen LogP contribution in [0.3, 0.4) is 0 Å². The van der Waals surface area contributed by atoms with Crippen molar-refractivity contribution in [3.63, 3.8) is 0 Å². The molecule has 2 aromatic carbocycles. The molecule has 0 bridgehead atoms. The highest BCUT2D eigenvalue weighted by atomic mass is 32.2. The van der Waals surface area contributed by atoms with Crippen molar-refractivity contribution in [2.45, 2.75) is 12.2 Å². The van der Waals surface area contributed by atoms with Gasteiger partial charge in [0, 0.05) is 5.75 Å². The van der Waals surface area contributed by atoms with Crippen molar-refractivity contribution in [1.29, 1.82) is 0 Å². The molecule has 2 aromatic rings. The second-order valence-corrected chi connectivity index (χ2v) is 6.31. The van der Waals surface area contributed by atoms with Crippen molar-refractivity contribution >= 4 is 23.4 Å². The number of hydrogen-bond acceptors (Lipinski definition) is 4. The van der Waals surface area contributed by atoms with E-state index in [4.69, 9.17) is 9.47 Å². The van der Waals surface area contributed by atoms with E-state index in [0.29, 0.717) is 18.0 Å². The van der Waals surface area contributed by atoms with Gasteiger partial charge < -0.3 is 14.8 Å². The van der Waals surface area contributed by atoms with Crippen LogP contribution in [0.1, 0.15) is 6.92 Å². The van der Waals surface area contributed by atoms with Crippen molar-refractivity contribution in [3.05, 3.63) is 54.6 Å². The third-order valence-electron chi connectivity index (χ3n) is 3.20. The molecule has 122 valence electrons. The zero-order valence-corrected chi connectivity index (χ0v) is 14.1. The van der Waals surface area contributed by atoms with Gasteiger partial charge in [-0.2, -0.15) is 0 Å². The van der Waals surface area contributed by atoms with Gasteiger partial charge in [-0.15, -0.1) is 11.8 Å². The van der Waals surface area contributed by atoms with E-state index in [0.717, 1.165) is 11.5 Å². The molecular formula is C18H21NO3S. The SMILES string of the molecule is COc1ccccc1NC(=O)C(C)SCCOc1ccccc1. The summed E-state index contributed by atoms with van der Waals surface area (Å²) in [6.07, 6.45) is 0. The zero-order chi connectivity index (χ0) is 16.5. The van der Waals surface area contributed by atoms with Crippen LogP contribution in [0.5, 0.6) is 11.5 Å². The largest absolute Gasteiger partial charge is 0.495 e. The van der Waals surface area contributed by atoms with Gasteiger partial charge in [0.05, 0.1) is 24.7 Å². The third kappa shape index (κ3) is 5.53. The quantitative estimate of drug-likeness (QED) is 0.747. The van der Waals surface area contributed by atoms with Crippen LogP contribution in [0.15, 0.2) is 54.6 Å². The van der Waals surface area contributed by atoms with Crippen LogP contribution in [0.25, 0.3) is 0 Å². The molecular weight excluding hydrogens is 310 g/mol. The minimum Gasteiger partial charge on any atom is -0.495 e. The Morgan fingerprint density at radius 2 is 1.83 bits per heavy atom. The maximum Gasteiger partial charge on any atom is 0.237 e. The Labute approximate surface area is 141 Å². The summed E-state index contributed by atoms with van der Waals surface area (Å²) in [5, 5.41) is 2.73. The number of anilines is 1. The molecule has 0 fully saturated rings. The second kappa shape index (κ2) is 9.10. The Morgan fingerprint density at radius 3 is 2.57 bits per heavy atom. The number of thioether (sulfide) groups is 1. The van der Waals surface area contributed by atoms with Gasteiger partial charge in [-0.1, -0.05) is 30.3 Å². The fourth-order valence-corrected chi connectivity index (χ4v) is 2.70. The molecule has 0 saturated heterocycles. The maximum absolute atomic E-state index is 12.2. The first kappa shape index (κ1) is 17.2. The minimum atomic E-state index is -0.167. The lowest BCUT2D eigenvalue weighted by molar-refractivity contribution is -0.115. The first-order valence-corrected chi connectivity index (χ1v) is 8.49. The molecule has 23 heavy (non-hydrogen) atoms. The molecule has 0 aliphatic rings. The van der Waals surface area contributed by atoms with Crippen LogP contribution in [-0.2, 0) is 4.79 Å². The Balaban J connectivity index is 1.74. The molecule has 1 unspecified atom stereocenters. The second-order valence-electron chi connectivity index (χ2n) is 4.86. The van der Waals surface area contributed by atoms with Gasteiger partial charge in [0.15, 0.2) is 0 Å². The summed E-state index contributed by atoms with van der Waals surface area (Å²) in [5.41, 5.74) is 0.688. The van der Waals surface area contributed by atoms with Gasteiger partial charge >= 0.3 is 0 Å². The maximum atomic E-state index is 12.2. The number of carbonyl (C=O) groups excluding carboxylic acids is 1. The summed E-state index contributed by atoms with van der Waals surface area (Å²) in [6, 6.07) is 17.0. The predicted molar refractivity (Wildman–Crippen MR) is 95.5 cm³/mol. The zero-order valence-electron chi connectivity index (χ0n) is 13.3. The van der Waals surface area contributed by atoms with E-state index < -0.39 is 0 Å². The van der Waals surface area contributed by atoms with Crippen LogP contribution in [0.2, 0.25) is 0 Å². The summed E-state index contributed by atoms with van der Waals surface area (Å²) < 4.78 is 10.9. The number of hydrogen-bond donors (Lipinski definition) is 1. The minimum absolute atomic E-state index is 0.0424. The normalized spacial score (nSPS) is 11.6. The van der Waals surface area contributed by atoms with Crippen molar-refractivity contribution in [2.24, 2.45) is 0 Å². The Hall–Kier alpha value is -2.14. The third-order valence-corrected chi connectivity index (χ3v) is 4.31.